The molecule has 116 valence electrons. The minimum atomic E-state index is -0.431. The van der Waals surface area contributed by atoms with E-state index in [9.17, 15) is 4.79 Å². The first-order valence-corrected chi connectivity index (χ1v) is 8.16. The van der Waals surface area contributed by atoms with Crippen molar-refractivity contribution in [3.05, 3.63) is 0 Å². The van der Waals surface area contributed by atoms with Crippen molar-refractivity contribution >= 4 is 6.09 Å². The van der Waals surface area contributed by atoms with Gasteiger partial charge in [0, 0.05) is 6.04 Å². The second-order valence-corrected chi connectivity index (χ2v) is 7.35. The van der Waals surface area contributed by atoms with Crippen LogP contribution in [0.25, 0.3) is 0 Å². The average Bonchev–Trinajstić information content (AvgIpc) is 2.38. The summed E-state index contributed by atoms with van der Waals surface area (Å²) < 4.78 is 5.48. The van der Waals surface area contributed by atoms with Gasteiger partial charge in [-0.05, 0) is 53.0 Å². The Labute approximate surface area is 123 Å². The molecule has 1 amide bonds. The predicted octanol–water partition coefficient (Wildman–Crippen LogP) is 3.36. The zero-order chi connectivity index (χ0) is 14.6. The van der Waals surface area contributed by atoms with Gasteiger partial charge in [0.1, 0.15) is 5.60 Å². The van der Waals surface area contributed by atoms with Crippen molar-refractivity contribution < 1.29 is 9.53 Å². The summed E-state index contributed by atoms with van der Waals surface area (Å²) in [5, 5.41) is 6.86. The molecule has 20 heavy (non-hydrogen) atoms. The number of rotatable bonds is 2. The van der Waals surface area contributed by atoms with Gasteiger partial charge in [-0.25, -0.2) is 4.79 Å². The Kier molecular flexibility index (Phi) is 4.95. The number of ether oxygens (including phenoxy) is 1. The first-order valence-electron chi connectivity index (χ1n) is 8.16. The zero-order valence-electron chi connectivity index (χ0n) is 13.3. The van der Waals surface area contributed by atoms with Gasteiger partial charge in [0.25, 0.3) is 0 Å². The number of carbonyl (C=O) groups is 1. The Bertz CT molecular complexity index is 324. The molecule has 1 unspecified atom stereocenters. The first kappa shape index (κ1) is 15.6. The predicted molar refractivity (Wildman–Crippen MR) is 80.8 cm³/mol. The SMILES string of the molecule is CC(C)(C)OC(=O)NC1(C2CCCCN2)CCCCC1. The standard InChI is InChI=1S/C16H30N2O2/c1-15(2,3)20-14(19)18-16(10-6-4-7-11-16)13-9-5-8-12-17-13/h13,17H,4-12H2,1-3H3,(H,18,19). The number of nitrogens with one attached hydrogen (secondary N) is 2. The Hall–Kier alpha value is -0.770. The fraction of sp³-hybridized carbons (Fsp3) is 0.938. The second-order valence-electron chi connectivity index (χ2n) is 7.35. The van der Waals surface area contributed by atoms with Crippen LogP contribution in [0.15, 0.2) is 0 Å². The van der Waals surface area contributed by atoms with Crippen molar-refractivity contribution in [2.75, 3.05) is 6.54 Å². The minimum Gasteiger partial charge on any atom is -0.444 e. The molecule has 0 aromatic carbocycles. The van der Waals surface area contributed by atoms with E-state index >= 15 is 0 Å². The summed E-state index contributed by atoms with van der Waals surface area (Å²) in [7, 11) is 0. The maximum atomic E-state index is 12.2. The quantitative estimate of drug-likeness (QED) is 0.816. The van der Waals surface area contributed by atoms with E-state index in [2.05, 4.69) is 10.6 Å². The Morgan fingerprint density at radius 2 is 1.85 bits per heavy atom. The molecule has 0 bridgehead atoms. The van der Waals surface area contributed by atoms with Crippen LogP contribution in [0, 0.1) is 0 Å². The molecule has 2 fully saturated rings. The topological polar surface area (TPSA) is 50.4 Å². The monoisotopic (exact) mass is 282 g/mol. The normalized spacial score (nSPS) is 26.9. The number of hydrogen-bond donors (Lipinski definition) is 2. The highest BCUT2D eigenvalue weighted by Crippen LogP contribution is 2.34. The number of piperidine rings is 1. The molecule has 4 heteroatoms. The summed E-state index contributed by atoms with van der Waals surface area (Å²) in [6, 6.07) is 0.407. The van der Waals surface area contributed by atoms with Crippen LogP contribution in [0.5, 0.6) is 0 Å². The molecule has 2 aliphatic rings. The molecule has 0 spiro atoms. The van der Waals surface area contributed by atoms with Gasteiger partial charge in [0.15, 0.2) is 0 Å². The van der Waals surface area contributed by atoms with Crippen molar-refractivity contribution in [3.8, 4) is 0 Å². The van der Waals surface area contributed by atoms with Crippen LogP contribution < -0.4 is 10.6 Å². The van der Waals surface area contributed by atoms with Gasteiger partial charge in [-0.15, -0.1) is 0 Å². The molecule has 0 radical (unpaired) electrons. The Morgan fingerprint density at radius 3 is 2.40 bits per heavy atom. The van der Waals surface area contributed by atoms with Gasteiger partial charge in [0.2, 0.25) is 0 Å². The molecule has 1 saturated carbocycles. The molecule has 0 aromatic heterocycles. The molecule has 4 nitrogen and oxygen atoms in total. The lowest BCUT2D eigenvalue weighted by Gasteiger charge is -2.46. The molecule has 2 N–H and O–H groups in total. The number of alkyl carbamates (subject to hydrolysis) is 1. The highest BCUT2D eigenvalue weighted by Gasteiger charge is 2.42. The van der Waals surface area contributed by atoms with E-state index in [0.717, 1.165) is 25.8 Å². The van der Waals surface area contributed by atoms with E-state index < -0.39 is 5.60 Å². The molecule has 2 rings (SSSR count). The molecule has 1 heterocycles. The van der Waals surface area contributed by atoms with Crippen molar-refractivity contribution in [3.63, 3.8) is 0 Å². The highest BCUT2D eigenvalue weighted by atomic mass is 16.6. The van der Waals surface area contributed by atoms with Gasteiger partial charge < -0.3 is 15.4 Å². The van der Waals surface area contributed by atoms with E-state index in [4.69, 9.17) is 4.74 Å². The minimum absolute atomic E-state index is 0.0962. The fourth-order valence-corrected chi connectivity index (χ4v) is 3.57. The Balaban J connectivity index is 2.04. The van der Waals surface area contributed by atoms with Crippen LogP contribution in [0.2, 0.25) is 0 Å². The number of amides is 1. The third kappa shape index (κ3) is 4.11. The van der Waals surface area contributed by atoms with Crippen molar-refractivity contribution in [2.45, 2.75) is 89.3 Å². The summed E-state index contributed by atoms with van der Waals surface area (Å²) >= 11 is 0. The van der Waals surface area contributed by atoms with Crippen LogP contribution in [-0.2, 0) is 4.74 Å². The fourth-order valence-electron chi connectivity index (χ4n) is 3.57. The molecular weight excluding hydrogens is 252 g/mol. The smallest absolute Gasteiger partial charge is 0.408 e. The summed E-state index contributed by atoms with van der Waals surface area (Å²) in [4.78, 5) is 12.2. The molecule has 1 atom stereocenters. The molecule has 1 aliphatic carbocycles. The van der Waals surface area contributed by atoms with E-state index in [1.807, 2.05) is 20.8 Å². The van der Waals surface area contributed by atoms with Crippen LogP contribution in [-0.4, -0.2) is 29.8 Å². The third-order valence-corrected chi connectivity index (χ3v) is 4.47. The summed E-state index contributed by atoms with van der Waals surface area (Å²) in [6.07, 6.45) is 9.25. The van der Waals surface area contributed by atoms with E-state index in [1.54, 1.807) is 0 Å². The van der Waals surface area contributed by atoms with Crippen LogP contribution in [0.3, 0.4) is 0 Å². The maximum absolute atomic E-state index is 12.2. The van der Waals surface area contributed by atoms with Gasteiger partial charge in [0.05, 0.1) is 5.54 Å². The van der Waals surface area contributed by atoms with E-state index in [1.165, 1.54) is 32.1 Å². The van der Waals surface area contributed by atoms with Crippen LogP contribution in [0.4, 0.5) is 4.79 Å². The van der Waals surface area contributed by atoms with Crippen LogP contribution in [0.1, 0.15) is 72.1 Å². The zero-order valence-corrected chi connectivity index (χ0v) is 13.3. The summed E-state index contributed by atoms with van der Waals surface area (Å²) in [5.41, 5.74) is -0.527. The summed E-state index contributed by atoms with van der Waals surface area (Å²) in [6.45, 7) is 6.82. The number of hydrogen-bond acceptors (Lipinski definition) is 3. The summed E-state index contributed by atoms with van der Waals surface area (Å²) in [5.74, 6) is 0. The lowest BCUT2D eigenvalue weighted by molar-refractivity contribution is 0.0364. The van der Waals surface area contributed by atoms with Crippen molar-refractivity contribution in [1.29, 1.82) is 0 Å². The average molecular weight is 282 g/mol. The van der Waals surface area contributed by atoms with Crippen molar-refractivity contribution in [2.24, 2.45) is 0 Å². The number of carbonyl (C=O) groups excluding carboxylic acids is 1. The Morgan fingerprint density at radius 1 is 1.15 bits per heavy atom. The van der Waals surface area contributed by atoms with Crippen LogP contribution >= 0.6 is 0 Å². The van der Waals surface area contributed by atoms with Gasteiger partial charge in [-0.2, -0.15) is 0 Å². The first-order chi connectivity index (χ1) is 9.41. The van der Waals surface area contributed by atoms with Gasteiger partial charge in [-0.1, -0.05) is 25.7 Å². The van der Waals surface area contributed by atoms with Gasteiger partial charge >= 0.3 is 6.09 Å². The lowest BCUT2D eigenvalue weighted by Crippen LogP contribution is -2.63. The van der Waals surface area contributed by atoms with E-state index in [0.29, 0.717) is 6.04 Å². The van der Waals surface area contributed by atoms with Gasteiger partial charge in [-0.3, -0.25) is 0 Å². The largest absolute Gasteiger partial charge is 0.444 e. The lowest BCUT2D eigenvalue weighted by atomic mass is 9.74. The maximum Gasteiger partial charge on any atom is 0.408 e. The molecule has 1 aliphatic heterocycles. The van der Waals surface area contributed by atoms with Crippen molar-refractivity contribution in [1.82, 2.24) is 10.6 Å². The highest BCUT2D eigenvalue weighted by molar-refractivity contribution is 5.69. The third-order valence-electron chi connectivity index (χ3n) is 4.47. The second kappa shape index (κ2) is 6.33. The molecule has 1 saturated heterocycles. The molecule has 0 aromatic rings. The molecular formula is C16H30N2O2. The van der Waals surface area contributed by atoms with E-state index in [-0.39, 0.29) is 11.6 Å².